The minimum absolute atomic E-state index is 0.0586. The van der Waals surface area contributed by atoms with Crippen molar-refractivity contribution in [3.8, 4) is 0 Å². The normalized spacial score (nSPS) is 13.6. The second kappa shape index (κ2) is 22.7. The smallest absolute Gasteiger partial charge is 0.397 e. The fourth-order valence-electron chi connectivity index (χ4n) is 6.04. The van der Waals surface area contributed by atoms with Crippen LogP contribution < -0.4 is 10.4 Å². The Morgan fingerprint density at radius 3 is 1.58 bits per heavy atom. The molecule has 1 aromatic rings. The summed E-state index contributed by atoms with van der Waals surface area (Å²) in [5, 5.41) is 3.13. The molecule has 0 saturated carbocycles. The Labute approximate surface area is 286 Å². The molecule has 1 atom stereocenters. The first-order valence-electron chi connectivity index (χ1n) is 15.8. The Kier molecular flexibility index (Phi) is 21.8. The van der Waals surface area contributed by atoms with E-state index in [1.165, 1.54) is 11.1 Å². The summed E-state index contributed by atoms with van der Waals surface area (Å²) < 4.78 is 40.3. The highest BCUT2D eigenvalue weighted by molar-refractivity contribution is 6.82. The monoisotopic (exact) mass is 730 g/mol. The maximum Gasteiger partial charge on any atom is 0.507 e. The van der Waals surface area contributed by atoms with Gasteiger partial charge in [-0.3, -0.25) is 9.80 Å². The number of hydrogen-bond acceptors (Lipinski definition) is 9. The molecule has 6 radical (unpaired) electrons. The van der Waals surface area contributed by atoms with Crippen LogP contribution >= 0.6 is 0 Å². The van der Waals surface area contributed by atoms with E-state index >= 15 is 0 Å². The highest BCUT2D eigenvalue weighted by Crippen LogP contribution is 2.31. The minimum atomic E-state index is -2.91. The topological polar surface area (TPSA) is 71.1 Å². The summed E-state index contributed by atoms with van der Waals surface area (Å²) in [6.45, 7) is 13.9. The van der Waals surface area contributed by atoms with E-state index in [4.69, 9.17) is 31.0 Å². The van der Waals surface area contributed by atoms with E-state index in [0.29, 0.717) is 5.79 Å². The Balaban J connectivity index is 3.33. The van der Waals surface area contributed by atoms with Crippen molar-refractivity contribution < 1.29 is 31.0 Å². The molecule has 0 spiro atoms. The van der Waals surface area contributed by atoms with Gasteiger partial charge in [0.2, 0.25) is 0 Å². The molecular weight excluding hydrogens is 669 g/mol. The van der Waals surface area contributed by atoms with Gasteiger partial charge < -0.3 is 31.0 Å². The lowest BCUT2D eigenvalue weighted by atomic mass is 10.0. The Morgan fingerprint density at radius 2 is 1.20 bits per heavy atom. The summed E-state index contributed by atoms with van der Waals surface area (Å²) in [5.74, 6) is 0.356. The predicted octanol–water partition coefficient (Wildman–Crippen LogP) is 3.28. The molecule has 0 heterocycles. The summed E-state index contributed by atoms with van der Waals surface area (Å²) >= 11 is 0. The fourth-order valence-corrected chi connectivity index (χ4v) is 16.1. The van der Waals surface area contributed by atoms with Gasteiger partial charge in [-0.2, -0.15) is 0 Å². The fraction of sp³-hybridized carbons (Fsp3) is 0.800. The largest absolute Gasteiger partial charge is 0.507 e. The zero-order valence-electron chi connectivity index (χ0n) is 30.7. The molecule has 0 aliphatic carbocycles. The Bertz CT molecular complexity index is 908. The van der Waals surface area contributed by atoms with Crippen molar-refractivity contribution >= 4 is 64.9 Å². The van der Waals surface area contributed by atoms with Crippen molar-refractivity contribution in [3.63, 3.8) is 0 Å². The van der Waals surface area contributed by atoms with Gasteiger partial charge >= 0.3 is 27.4 Å². The number of rotatable bonds is 25. The SMILES string of the molecule is CO[Si](CCCN(C)C([Si]CCc1ccc([Si](C)C)c([Si](C)C)c1C(C)[Si](OC)(OC)OC)N(C)CCC[Si](OC)OC)OC. The van der Waals surface area contributed by atoms with Crippen molar-refractivity contribution in [1.29, 1.82) is 0 Å². The lowest BCUT2D eigenvalue weighted by molar-refractivity contribution is 0.114. The van der Waals surface area contributed by atoms with E-state index in [1.54, 1.807) is 60.1 Å². The van der Waals surface area contributed by atoms with E-state index in [1.807, 2.05) is 0 Å². The van der Waals surface area contributed by atoms with Crippen LogP contribution in [0.4, 0.5) is 0 Å². The molecular formula is C30H62N2O7Si6. The van der Waals surface area contributed by atoms with Crippen LogP contribution in [0.1, 0.15) is 36.4 Å². The minimum Gasteiger partial charge on any atom is -0.397 e. The number of aryl methyl sites for hydroxylation is 1. The first kappa shape index (κ1) is 43.2. The third kappa shape index (κ3) is 12.8. The van der Waals surface area contributed by atoms with E-state index in [2.05, 4.69) is 69.1 Å². The summed E-state index contributed by atoms with van der Waals surface area (Å²) in [6, 6.07) is 7.90. The van der Waals surface area contributed by atoms with Crippen molar-refractivity contribution in [1.82, 2.24) is 9.80 Å². The zero-order valence-corrected chi connectivity index (χ0v) is 36.7. The van der Waals surface area contributed by atoms with E-state index in [0.717, 1.165) is 60.0 Å². The van der Waals surface area contributed by atoms with E-state index < -0.39 is 45.0 Å². The molecule has 1 unspecified atom stereocenters. The van der Waals surface area contributed by atoms with Gasteiger partial charge in [0.25, 0.3) is 0 Å². The molecule has 258 valence electrons. The van der Waals surface area contributed by atoms with Gasteiger partial charge in [-0.1, -0.05) is 61.7 Å². The molecule has 0 bridgehead atoms. The molecule has 0 aliphatic rings. The van der Waals surface area contributed by atoms with Crippen LogP contribution in [0.25, 0.3) is 0 Å². The number of nitrogens with zero attached hydrogens (tertiary/aromatic N) is 2. The molecule has 0 amide bonds. The third-order valence-corrected chi connectivity index (χ3v) is 19.9. The quantitative estimate of drug-likeness (QED) is 0.111. The molecule has 0 aliphatic heterocycles. The van der Waals surface area contributed by atoms with Crippen molar-refractivity contribution in [3.05, 3.63) is 23.3 Å². The Hall–Kier alpha value is 0.161. The molecule has 0 N–H and O–H groups in total. The van der Waals surface area contributed by atoms with Crippen molar-refractivity contribution in [2.45, 2.75) is 81.8 Å². The van der Waals surface area contributed by atoms with Crippen LogP contribution in [-0.4, -0.2) is 147 Å². The maximum atomic E-state index is 6.06. The van der Waals surface area contributed by atoms with Crippen LogP contribution in [0.3, 0.4) is 0 Å². The lowest BCUT2D eigenvalue weighted by Crippen LogP contribution is -2.54. The molecule has 15 heteroatoms. The molecule has 1 aromatic carbocycles. The molecule has 9 nitrogen and oxygen atoms in total. The first-order chi connectivity index (χ1) is 21.4. The summed E-state index contributed by atoms with van der Waals surface area (Å²) in [4.78, 5) is 5.06. The molecule has 0 aromatic heterocycles. The van der Waals surface area contributed by atoms with Crippen LogP contribution in [0.5, 0.6) is 0 Å². The van der Waals surface area contributed by atoms with Gasteiger partial charge in [-0.05, 0) is 69.7 Å². The second-order valence-electron chi connectivity index (χ2n) is 11.8. The predicted molar refractivity (Wildman–Crippen MR) is 198 cm³/mol. The maximum absolute atomic E-state index is 6.06. The van der Waals surface area contributed by atoms with Crippen molar-refractivity contribution in [2.75, 3.05) is 77.0 Å². The summed E-state index contributed by atoms with van der Waals surface area (Å²) in [5.41, 5.74) is 2.92. The van der Waals surface area contributed by atoms with Gasteiger partial charge in [0.1, 0.15) is 0 Å². The molecule has 1 rings (SSSR count). The van der Waals surface area contributed by atoms with Crippen molar-refractivity contribution in [2.24, 2.45) is 0 Å². The Morgan fingerprint density at radius 1 is 0.733 bits per heavy atom. The number of benzene rings is 1. The van der Waals surface area contributed by atoms with Gasteiger partial charge in [0, 0.05) is 55.6 Å². The van der Waals surface area contributed by atoms with Crippen LogP contribution in [0.15, 0.2) is 12.1 Å². The average molecular weight is 731 g/mol. The van der Waals surface area contributed by atoms with Crippen LogP contribution in [0.2, 0.25) is 44.3 Å². The summed E-state index contributed by atoms with van der Waals surface area (Å²) in [6.07, 6.45) is 3.14. The first-order valence-corrected chi connectivity index (χ1v) is 27.0. The molecule has 45 heavy (non-hydrogen) atoms. The average Bonchev–Trinajstić information content (AvgIpc) is 3.03. The highest BCUT2D eigenvalue weighted by atomic mass is 28.4. The standard InChI is InChI=1S/C30H62N2O7Si6/c1-25(45(37-8,38-9)39-10)28-26(17-18-27(41(11)12)29(28)42(13)14)19-22-40-30(31(2)20-15-23-43(33-4)34-5)32(3)21-16-24-44(35-6)36-7/h17-18,25,30H,15-16,19-24H2,1-14H3. The van der Waals surface area contributed by atoms with Gasteiger partial charge in [-0.15, -0.1) is 0 Å². The van der Waals surface area contributed by atoms with Crippen LogP contribution in [0, 0.1) is 0 Å². The van der Waals surface area contributed by atoms with Crippen LogP contribution in [-0.2, 0) is 37.4 Å². The van der Waals surface area contributed by atoms with E-state index in [-0.39, 0.29) is 5.54 Å². The van der Waals surface area contributed by atoms with Gasteiger partial charge in [0.05, 0.1) is 32.7 Å². The lowest BCUT2D eigenvalue weighted by Gasteiger charge is -2.36. The molecule has 0 fully saturated rings. The van der Waals surface area contributed by atoms with Gasteiger partial charge in [-0.25, -0.2) is 0 Å². The molecule has 0 saturated heterocycles. The van der Waals surface area contributed by atoms with E-state index in [9.17, 15) is 0 Å². The zero-order chi connectivity index (χ0) is 34.2. The van der Waals surface area contributed by atoms with Gasteiger partial charge in [0.15, 0.2) is 0 Å². The third-order valence-electron chi connectivity index (χ3n) is 8.44. The number of hydrogen-bond donors (Lipinski definition) is 0. The highest BCUT2D eigenvalue weighted by Gasteiger charge is 2.47. The second-order valence-corrected chi connectivity index (χ2v) is 25.7. The summed E-state index contributed by atoms with van der Waals surface area (Å²) in [7, 11) is 10.9.